The van der Waals surface area contributed by atoms with E-state index in [1.165, 1.54) is 36.3 Å². The van der Waals surface area contributed by atoms with E-state index in [2.05, 4.69) is 15.3 Å². The Bertz CT molecular complexity index is 1680. The van der Waals surface area contributed by atoms with Gasteiger partial charge in [-0.3, -0.25) is 9.59 Å². The molecule has 190 valence electrons. The molecule has 1 aliphatic carbocycles. The molecule has 0 bridgehead atoms. The van der Waals surface area contributed by atoms with Crippen LogP contribution in [-0.4, -0.2) is 53.3 Å². The van der Waals surface area contributed by atoms with E-state index in [1.54, 1.807) is 12.1 Å². The molecule has 0 spiro atoms. The van der Waals surface area contributed by atoms with Crippen molar-refractivity contribution in [2.45, 2.75) is 30.1 Å². The first-order chi connectivity index (χ1) is 17.6. The predicted octanol–water partition coefficient (Wildman–Crippen LogP) is 2.29. The average Bonchev–Trinajstić information content (AvgIpc) is 3.63. The van der Waals surface area contributed by atoms with E-state index >= 15 is 0 Å². The summed E-state index contributed by atoms with van der Waals surface area (Å²) in [7, 11) is -2.03. The van der Waals surface area contributed by atoms with Crippen molar-refractivity contribution in [2.24, 2.45) is 5.73 Å². The van der Waals surface area contributed by atoms with Crippen molar-refractivity contribution in [1.82, 2.24) is 25.1 Å². The lowest BCUT2D eigenvalue weighted by Crippen LogP contribution is -2.19. The lowest BCUT2D eigenvalue weighted by atomic mass is 9.99. The minimum Gasteiger partial charge on any atom is -0.369 e. The molecule has 2 aromatic carbocycles. The van der Waals surface area contributed by atoms with Crippen molar-refractivity contribution in [2.75, 3.05) is 13.3 Å². The first-order valence-corrected chi connectivity index (χ1v) is 13.3. The number of aromatic nitrogens is 4. The molecule has 2 amide bonds. The van der Waals surface area contributed by atoms with Crippen molar-refractivity contribution in [3.8, 4) is 17.1 Å². The zero-order valence-corrected chi connectivity index (χ0v) is 20.8. The SMILES string of the molecule is CNC(=O)c1cc(CC(N)=O)c2c(C3CC3)nn(-c3ncc(-c4cc(S(C)(=O)=O)ccc4F)cn3)c2c1. The van der Waals surface area contributed by atoms with E-state index in [0.29, 0.717) is 16.6 Å². The normalized spacial score (nSPS) is 13.6. The summed E-state index contributed by atoms with van der Waals surface area (Å²) in [5, 5.41) is 8.05. The van der Waals surface area contributed by atoms with Crippen LogP contribution in [0.15, 0.2) is 47.6 Å². The number of fused-ring (bicyclic) bond motifs is 1. The van der Waals surface area contributed by atoms with Gasteiger partial charge >= 0.3 is 0 Å². The summed E-state index contributed by atoms with van der Waals surface area (Å²) in [5.74, 6) is -1.13. The molecule has 0 radical (unpaired) electrons. The zero-order chi connectivity index (χ0) is 26.5. The van der Waals surface area contributed by atoms with E-state index in [4.69, 9.17) is 10.8 Å². The molecular formula is C25H23FN6O4S. The number of hydrogen-bond donors (Lipinski definition) is 2. The van der Waals surface area contributed by atoms with Crippen molar-refractivity contribution in [3.63, 3.8) is 0 Å². The maximum Gasteiger partial charge on any atom is 0.251 e. The summed E-state index contributed by atoms with van der Waals surface area (Å²) in [5.41, 5.74) is 8.05. The zero-order valence-electron chi connectivity index (χ0n) is 20.0. The van der Waals surface area contributed by atoms with Crippen LogP contribution in [0.1, 0.15) is 40.4 Å². The van der Waals surface area contributed by atoms with E-state index in [0.717, 1.165) is 36.2 Å². The molecule has 0 saturated heterocycles. The van der Waals surface area contributed by atoms with E-state index in [9.17, 15) is 22.4 Å². The second-order valence-corrected chi connectivity index (χ2v) is 11.0. The highest BCUT2D eigenvalue weighted by atomic mass is 32.2. The molecule has 2 heterocycles. The van der Waals surface area contributed by atoms with Crippen LogP contribution in [-0.2, 0) is 21.1 Å². The Morgan fingerprint density at radius 1 is 1.16 bits per heavy atom. The molecule has 10 nitrogen and oxygen atoms in total. The maximum absolute atomic E-state index is 14.5. The molecule has 3 N–H and O–H groups in total. The highest BCUT2D eigenvalue weighted by Crippen LogP contribution is 2.44. The van der Waals surface area contributed by atoms with Crippen molar-refractivity contribution >= 4 is 32.6 Å². The summed E-state index contributed by atoms with van der Waals surface area (Å²) in [4.78, 5) is 33.0. The number of primary amides is 1. The van der Waals surface area contributed by atoms with Gasteiger partial charge in [-0.2, -0.15) is 9.78 Å². The standard InChI is InChI=1S/C25H23FN6O4S/c1-28-24(34)15-7-14(9-21(27)33)22-20(8-15)32(31-23(22)13-3-4-13)25-29-11-16(12-30-25)18-10-17(37(2,35)36)5-6-19(18)26/h5-8,10-13H,3-4,9H2,1-2H3,(H2,27,33)(H,28,34). The molecule has 1 aliphatic rings. The van der Waals surface area contributed by atoms with Crippen LogP contribution in [0.25, 0.3) is 28.0 Å². The summed E-state index contributed by atoms with van der Waals surface area (Å²) >= 11 is 0. The summed E-state index contributed by atoms with van der Waals surface area (Å²) in [6.07, 6.45) is 5.62. The molecule has 0 aliphatic heterocycles. The number of sulfone groups is 1. The van der Waals surface area contributed by atoms with Crippen molar-refractivity contribution in [3.05, 3.63) is 65.4 Å². The molecule has 4 aromatic rings. The third kappa shape index (κ3) is 4.67. The van der Waals surface area contributed by atoms with Crippen LogP contribution in [0.5, 0.6) is 0 Å². The average molecular weight is 523 g/mol. The van der Waals surface area contributed by atoms with Gasteiger partial charge in [0, 0.05) is 53.7 Å². The number of halogens is 1. The Morgan fingerprint density at radius 3 is 2.46 bits per heavy atom. The van der Waals surface area contributed by atoms with E-state index < -0.39 is 21.6 Å². The van der Waals surface area contributed by atoms with E-state index in [-0.39, 0.29) is 40.2 Å². The van der Waals surface area contributed by atoms with Gasteiger partial charge in [0.25, 0.3) is 11.9 Å². The fourth-order valence-electron chi connectivity index (χ4n) is 4.28. The summed E-state index contributed by atoms with van der Waals surface area (Å²) in [6, 6.07) is 6.83. The lowest BCUT2D eigenvalue weighted by Gasteiger charge is -2.09. The van der Waals surface area contributed by atoms with Crippen molar-refractivity contribution < 1.29 is 22.4 Å². The molecule has 12 heteroatoms. The molecule has 5 rings (SSSR count). The van der Waals surface area contributed by atoms with Gasteiger partial charge in [0.05, 0.1) is 22.5 Å². The second-order valence-electron chi connectivity index (χ2n) is 9.01. The topological polar surface area (TPSA) is 150 Å². The quantitative estimate of drug-likeness (QED) is 0.354. The Morgan fingerprint density at radius 2 is 1.86 bits per heavy atom. The molecule has 37 heavy (non-hydrogen) atoms. The van der Waals surface area contributed by atoms with Gasteiger partial charge < -0.3 is 11.1 Å². The summed E-state index contributed by atoms with van der Waals surface area (Å²) < 4.78 is 39.9. The molecule has 2 aromatic heterocycles. The Balaban J connectivity index is 1.66. The fourth-order valence-corrected chi connectivity index (χ4v) is 4.93. The smallest absolute Gasteiger partial charge is 0.251 e. The molecule has 0 atom stereocenters. The van der Waals surface area contributed by atoms with Crippen LogP contribution in [0.4, 0.5) is 4.39 Å². The number of nitrogens with one attached hydrogen (secondary N) is 1. The number of nitrogens with two attached hydrogens (primary N) is 1. The van der Waals surface area contributed by atoms with Crippen LogP contribution in [0, 0.1) is 5.82 Å². The molecular weight excluding hydrogens is 499 g/mol. The van der Waals surface area contributed by atoms with Gasteiger partial charge in [-0.15, -0.1) is 0 Å². The molecule has 0 unspecified atom stereocenters. The minimum absolute atomic E-state index is 0.0242. The molecule has 1 saturated carbocycles. The number of rotatable bonds is 7. The number of amides is 2. The third-order valence-electron chi connectivity index (χ3n) is 6.21. The highest BCUT2D eigenvalue weighted by molar-refractivity contribution is 7.90. The number of nitrogens with zero attached hydrogens (tertiary/aromatic N) is 4. The van der Waals surface area contributed by atoms with Gasteiger partial charge in [0.1, 0.15) is 5.82 Å². The lowest BCUT2D eigenvalue weighted by molar-refractivity contribution is -0.117. The van der Waals surface area contributed by atoms with Crippen molar-refractivity contribution in [1.29, 1.82) is 0 Å². The van der Waals surface area contributed by atoms with Crippen LogP contribution < -0.4 is 11.1 Å². The van der Waals surface area contributed by atoms with Crippen LogP contribution >= 0.6 is 0 Å². The van der Waals surface area contributed by atoms with Crippen LogP contribution in [0.2, 0.25) is 0 Å². The van der Waals surface area contributed by atoms with Crippen LogP contribution in [0.3, 0.4) is 0 Å². The molecule has 1 fully saturated rings. The Kier molecular flexibility index (Phi) is 5.98. The minimum atomic E-state index is -3.54. The third-order valence-corrected chi connectivity index (χ3v) is 7.32. The highest BCUT2D eigenvalue weighted by Gasteiger charge is 2.31. The number of carbonyl (C=O) groups is 2. The first kappa shape index (κ1) is 24.5. The number of benzene rings is 2. The Hall–Kier alpha value is -4.19. The fraction of sp³-hybridized carbons (Fsp3) is 0.240. The second kappa shape index (κ2) is 9.04. The largest absolute Gasteiger partial charge is 0.369 e. The number of carbonyl (C=O) groups excluding carboxylic acids is 2. The monoisotopic (exact) mass is 522 g/mol. The maximum atomic E-state index is 14.5. The number of hydrogen-bond acceptors (Lipinski definition) is 7. The van der Waals surface area contributed by atoms with Gasteiger partial charge in [-0.05, 0) is 48.7 Å². The summed E-state index contributed by atoms with van der Waals surface area (Å²) in [6.45, 7) is 0. The van der Waals surface area contributed by atoms with Gasteiger partial charge in [0.2, 0.25) is 5.91 Å². The Labute approximate surface area is 211 Å². The van der Waals surface area contributed by atoms with Gasteiger partial charge in [-0.1, -0.05) is 0 Å². The van der Waals surface area contributed by atoms with Gasteiger partial charge in [0.15, 0.2) is 9.84 Å². The van der Waals surface area contributed by atoms with Gasteiger partial charge in [-0.25, -0.2) is 22.8 Å². The predicted molar refractivity (Wildman–Crippen MR) is 133 cm³/mol. The first-order valence-electron chi connectivity index (χ1n) is 11.4. The van der Waals surface area contributed by atoms with E-state index in [1.807, 2.05) is 0 Å².